The predicted octanol–water partition coefficient (Wildman–Crippen LogP) is -1.79. The molecule has 0 spiro atoms. The summed E-state index contributed by atoms with van der Waals surface area (Å²) in [5.41, 5.74) is 16.3. The summed E-state index contributed by atoms with van der Waals surface area (Å²) >= 11 is 1.47. The molecule has 0 aromatic heterocycles. The first-order chi connectivity index (χ1) is 17.2. The molecule has 14 heteroatoms. The predicted molar refractivity (Wildman–Crippen MR) is 140 cm³/mol. The molecule has 1 heterocycles. The lowest BCUT2D eigenvalue weighted by atomic mass is 10.0. The van der Waals surface area contributed by atoms with Crippen molar-refractivity contribution in [2.45, 2.75) is 75.5 Å². The van der Waals surface area contributed by atoms with E-state index in [0.29, 0.717) is 38.0 Å². The molecule has 13 nitrogen and oxygen atoms in total. The Morgan fingerprint density at radius 1 is 1.00 bits per heavy atom. The molecular formula is C22H42N8O5S. The van der Waals surface area contributed by atoms with E-state index >= 15 is 0 Å². The summed E-state index contributed by atoms with van der Waals surface area (Å²) in [6.45, 7) is 1.43. The van der Waals surface area contributed by atoms with Crippen molar-refractivity contribution in [3.05, 3.63) is 0 Å². The van der Waals surface area contributed by atoms with Gasteiger partial charge < -0.3 is 43.6 Å². The molecule has 11 N–H and O–H groups in total. The van der Waals surface area contributed by atoms with Crippen LogP contribution >= 0.6 is 11.8 Å². The Morgan fingerprint density at radius 3 is 2.19 bits per heavy atom. The SMILES string of the molecule is CSCCC(NC(=O)C(CCCCN)NC(=O)C(CCCN=C(N)N)NC(=O)C1CCCN1)C(=O)O. The number of aliphatic carboxylic acids is 1. The zero-order chi connectivity index (χ0) is 26.9. The fraction of sp³-hybridized carbons (Fsp3) is 0.773. The first-order valence-corrected chi connectivity index (χ1v) is 13.7. The number of carbonyl (C=O) groups is 4. The fourth-order valence-corrected chi connectivity index (χ4v) is 4.22. The van der Waals surface area contributed by atoms with Gasteiger partial charge in [0.1, 0.15) is 18.1 Å². The highest BCUT2D eigenvalue weighted by molar-refractivity contribution is 7.98. The summed E-state index contributed by atoms with van der Waals surface area (Å²) in [4.78, 5) is 54.3. The Bertz CT molecular complexity index is 744. The van der Waals surface area contributed by atoms with Gasteiger partial charge in [0.2, 0.25) is 17.7 Å². The molecule has 0 aromatic rings. The van der Waals surface area contributed by atoms with Crippen molar-refractivity contribution < 1.29 is 24.3 Å². The minimum Gasteiger partial charge on any atom is -0.480 e. The Labute approximate surface area is 216 Å². The molecule has 1 aliphatic rings. The standard InChI is InChI=1S/C22H42N8O5S/c1-36-13-9-17(21(34)35)30-20(33)15(6-2-3-10-23)29-19(32)16(8-5-12-27-22(24)25)28-18(31)14-7-4-11-26-14/h14-17,26H,2-13,23H2,1H3,(H,28,31)(H,29,32)(H,30,33)(H,34,35)(H4,24,25,27). The van der Waals surface area contributed by atoms with Crippen LogP contribution in [0.2, 0.25) is 0 Å². The van der Waals surface area contributed by atoms with Crippen molar-refractivity contribution in [3.63, 3.8) is 0 Å². The smallest absolute Gasteiger partial charge is 0.326 e. The van der Waals surface area contributed by atoms with Crippen molar-refractivity contribution in [2.75, 3.05) is 31.6 Å². The minimum atomic E-state index is -1.14. The van der Waals surface area contributed by atoms with Gasteiger partial charge in [0, 0.05) is 6.54 Å². The maximum Gasteiger partial charge on any atom is 0.326 e. The Kier molecular flexibility index (Phi) is 15.5. The summed E-state index contributed by atoms with van der Waals surface area (Å²) in [6.07, 6.45) is 5.80. The molecule has 0 aliphatic carbocycles. The molecular weight excluding hydrogens is 488 g/mol. The van der Waals surface area contributed by atoms with Crippen LogP contribution < -0.4 is 38.5 Å². The molecule has 3 amide bonds. The van der Waals surface area contributed by atoms with Crippen LogP contribution in [0.5, 0.6) is 0 Å². The van der Waals surface area contributed by atoms with Crippen LogP contribution in [0.3, 0.4) is 0 Å². The maximum atomic E-state index is 13.2. The van der Waals surface area contributed by atoms with E-state index in [9.17, 15) is 24.3 Å². The summed E-state index contributed by atoms with van der Waals surface area (Å²) in [5, 5.41) is 20.6. The fourth-order valence-electron chi connectivity index (χ4n) is 3.75. The number of amides is 3. The summed E-state index contributed by atoms with van der Waals surface area (Å²) in [7, 11) is 0. The second-order valence-corrected chi connectivity index (χ2v) is 9.67. The van der Waals surface area contributed by atoms with Crippen molar-refractivity contribution >= 4 is 41.4 Å². The largest absolute Gasteiger partial charge is 0.480 e. The van der Waals surface area contributed by atoms with Crippen molar-refractivity contribution in [3.8, 4) is 0 Å². The Balaban J connectivity index is 2.93. The monoisotopic (exact) mass is 530 g/mol. The number of unbranched alkanes of at least 4 members (excludes halogenated alkanes) is 1. The highest BCUT2D eigenvalue weighted by atomic mass is 32.2. The number of hydrogen-bond acceptors (Lipinski definition) is 8. The quantitative estimate of drug-likeness (QED) is 0.0564. The van der Waals surface area contributed by atoms with E-state index in [0.717, 1.165) is 13.0 Å². The number of nitrogens with one attached hydrogen (secondary N) is 4. The molecule has 206 valence electrons. The number of guanidine groups is 1. The summed E-state index contributed by atoms with van der Waals surface area (Å²) in [5.74, 6) is -2.06. The lowest BCUT2D eigenvalue weighted by molar-refractivity contribution is -0.142. The van der Waals surface area contributed by atoms with Crippen LogP contribution in [-0.4, -0.2) is 90.6 Å². The maximum absolute atomic E-state index is 13.2. The van der Waals surface area contributed by atoms with E-state index in [4.69, 9.17) is 17.2 Å². The van der Waals surface area contributed by atoms with Crippen LogP contribution in [-0.2, 0) is 19.2 Å². The number of nitrogens with zero attached hydrogens (tertiary/aromatic N) is 1. The first kappa shape index (κ1) is 31.4. The lowest BCUT2D eigenvalue weighted by Crippen LogP contribution is -2.57. The Morgan fingerprint density at radius 2 is 1.64 bits per heavy atom. The molecule has 1 rings (SSSR count). The average molecular weight is 531 g/mol. The van der Waals surface area contributed by atoms with E-state index in [1.807, 2.05) is 6.26 Å². The number of thioether (sulfide) groups is 1. The highest BCUT2D eigenvalue weighted by Gasteiger charge is 2.31. The number of hydrogen-bond donors (Lipinski definition) is 8. The molecule has 0 saturated carbocycles. The van der Waals surface area contributed by atoms with Crippen molar-refractivity contribution in [1.29, 1.82) is 0 Å². The van der Waals surface area contributed by atoms with Crippen LogP contribution in [0, 0.1) is 0 Å². The molecule has 0 bridgehead atoms. The van der Waals surface area contributed by atoms with Crippen LogP contribution in [0.4, 0.5) is 0 Å². The van der Waals surface area contributed by atoms with Crippen LogP contribution in [0.15, 0.2) is 4.99 Å². The molecule has 4 unspecified atom stereocenters. The van der Waals surface area contributed by atoms with E-state index in [1.165, 1.54) is 11.8 Å². The third kappa shape index (κ3) is 12.4. The molecule has 4 atom stereocenters. The lowest BCUT2D eigenvalue weighted by Gasteiger charge is -2.25. The molecule has 36 heavy (non-hydrogen) atoms. The van der Waals surface area contributed by atoms with Gasteiger partial charge in [0.25, 0.3) is 0 Å². The van der Waals surface area contributed by atoms with Gasteiger partial charge in [-0.15, -0.1) is 0 Å². The van der Waals surface area contributed by atoms with Gasteiger partial charge >= 0.3 is 5.97 Å². The third-order valence-electron chi connectivity index (χ3n) is 5.76. The van der Waals surface area contributed by atoms with Crippen LogP contribution in [0.25, 0.3) is 0 Å². The second-order valence-electron chi connectivity index (χ2n) is 8.69. The third-order valence-corrected chi connectivity index (χ3v) is 6.40. The van der Waals surface area contributed by atoms with Crippen LogP contribution in [0.1, 0.15) is 51.4 Å². The van der Waals surface area contributed by atoms with E-state index in [-0.39, 0.29) is 43.7 Å². The minimum absolute atomic E-state index is 0.0683. The van der Waals surface area contributed by atoms with Crippen molar-refractivity contribution in [2.24, 2.45) is 22.2 Å². The Hall–Kier alpha value is -2.58. The summed E-state index contributed by atoms with van der Waals surface area (Å²) in [6, 6.07) is -3.33. The zero-order valence-corrected chi connectivity index (χ0v) is 21.8. The topological polar surface area (TPSA) is 227 Å². The number of nitrogens with two attached hydrogens (primary N) is 3. The molecule has 0 radical (unpaired) electrons. The number of carbonyl (C=O) groups excluding carboxylic acids is 3. The van der Waals surface area contributed by atoms with Gasteiger partial charge in [-0.05, 0) is 76.5 Å². The molecule has 1 aliphatic heterocycles. The van der Waals surface area contributed by atoms with E-state index < -0.39 is 35.9 Å². The van der Waals surface area contributed by atoms with E-state index in [2.05, 4.69) is 26.3 Å². The molecule has 1 saturated heterocycles. The number of rotatable bonds is 18. The number of aliphatic imine (C=N–C) groups is 1. The first-order valence-electron chi connectivity index (χ1n) is 12.3. The van der Waals surface area contributed by atoms with Gasteiger partial charge in [-0.1, -0.05) is 0 Å². The average Bonchev–Trinajstić information content (AvgIpc) is 3.37. The zero-order valence-electron chi connectivity index (χ0n) is 21.0. The normalized spacial score (nSPS) is 17.4. The van der Waals surface area contributed by atoms with Gasteiger partial charge in [0.05, 0.1) is 6.04 Å². The highest BCUT2D eigenvalue weighted by Crippen LogP contribution is 2.09. The van der Waals surface area contributed by atoms with Gasteiger partial charge in [-0.25, -0.2) is 4.79 Å². The summed E-state index contributed by atoms with van der Waals surface area (Å²) < 4.78 is 0. The van der Waals surface area contributed by atoms with Gasteiger partial charge in [-0.3, -0.25) is 19.4 Å². The molecule has 1 fully saturated rings. The number of carboxylic acid groups (broad SMARTS) is 1. The van der Waals surface area contributed by atoms with Crippen molar-refractivity contribution in [1.82, 2.24) is 21.3 Å². The van der Waals surface area contributed by atoms with Gasteiger partial charge in [-0.2, -0.15) is 11.8 Å². The van der Waals surface area contributed by atoms with Gasteiger partial charge in [0.15, 0.2) is 5.96 Å². The second kappa shape index (κ2) is 17.8. The number of carboxylic acids is 1. The van der Waals surface area contributed by atoms with E-state index in [1.54, 1.807) is 0 Å². The molecule has 0 aromatic carbocycles.